The van der Waals surface area contributed by atoms with Gasteiger partial charge in [0.25, 0.3) is 5.91 Å². The highest BCUT2D eigenvalue weighted by molar-refractivity contribution is 5.98. The van der Waals surface area contributed by atoms with Crippen molar-refractivity contribution >= 4 is 17.6 Å². The van der Waals surface area contributed by atoms with E-state index in [0.717, 1.165) is 10.5 Å². The number of carboxylic acids is 1. The molecular weight excluding hydrogens is 291 g/mol. The Morgan fingerprint density at radius 1 is 1.24 bits per heavy atom. The molecule has 0 heterocycles. The van der Waals surface area contributed by atoms with E-state index in [1.54, 1.807) is 19.1 Å². The van der Waals surface area contributed by atoms with E-state index in [1.807, 2.05) is 0 Å². The van der Waals surface area contributed by atoms with Gasteiger partial charge in [-0.05, 0) is 19.1 Å². The number of aliphatic carboxylic acids is 1. The summed E-state index contributed by atoms with van der Waals surface area (Å²) in [5.41, 5.74) is 1.18. The van der Waals surface area contributed by atoms with Gasteiger partial charge in [0.15, 0.2) is 0 Å². The number of halogens is 3. The zero-order chi connectivity index (χ0) is 16.0. The van der Waals surface area contributed by atoms with Crippen LogP contribution in [0.2, 0.25) is 0 Å². The van der Waals surface area contributed by atoms with Gasteiger partial charge in [0.2, 0.25) is 0 Å². The second kappa shape index (κ2) is 7.07. The molecule has 0 aliphatic heterocycles. The number of hydrogen-bond donors (Lipinski definition) is 1. The molecule has 0 bridgehead atoms. The van der Waals surface area contributed by atoms with E-state index in [-0.39, 0.29) is 5.69 Å². The molecule has 0 fully saturated rings. The van der Waals surface area contributed by atoms with Gasteiger partial charge < -0.3 is 9.84 Å². The first kappa shape index (κ1) is 17.0. The number of benzene rings is 1. The highest BCUT2D eigenvalue weighted by atomic mass is 19.4. The number of anilines is 1. The summed E-state index contributed by atoms with van der Waals surface area (Å²) < 4.78 is 40.1. The fourth-order valence-electron chi connectivity index (χ4n) is 1.52. The Kier molecular flexibility index (Phi) is 5.71. The molecule has 0 aliphatic rings. The van der Waals surface area contributed by atoms with E-state index >= 15 is 0 Å². The van der Waals surface area contributed by atoms with Crippen LogP contribution in [0.25, 0.3) is 0 Å². The molecule has 0 saturated heterocycles. The number of carbonyl (C=O) groups excluding carboxylic acids is 1. The zero-order valence-electron chi connectivity index (χ0n) is 11.2. The van der Waals surface area contributed by atoms with Gasteiger partial charge in [0, 0.05) is 5.69 Å². The summed E-state index contributed by atoms with van der Waals surface area (Å²) in [6.07, 6.45) is -4.54. The highest BCUT2D eigenvalue weighted by Gasteiger charge is 2.28. The molecule has 0 radical (unpaired) electrons. The zero-order valence-corrected chi connectivity index (χ0v) is 11.2. The summed E-state index contributed by atoms with van der Waals surface area (Å²) in [5.74, 6) is -2.13. The average molecular weight is 305 g/mol. The number of amides is 1. The molecule has 0 atom stereocenters. The summed E-state index contributed by atoms with van der Waals surface area (Å²) in [5, 5.41) is 8.79. The average Bonchev–Trinajstić information content (AvgIpc) is 2.35. The number of nitrogens with zero attached hydrogens (tertiary/aromatic N) is 1. The van der Waals surface area contributed by atoms with E-state index < -0.39 is 37.8 Å². The molecule has 0 unspecified atom stereocenters. The lowest BCUT2D eigenvalue weighted by Gasteiger charge is -2.21. The second-order valence-electron chi connectivity index (χ2n) is 4.32. The molecule has 0 aliphatic carbocycles. The van der Waals surface area contributed by atoms with E-state index in [9.17, 15) is 22.8 Å². The molecule has 1 rings (SSSR count). The maximum atomic E-state index is 11.9. The summed E-state index contributed by atoms with van der Waals surface area (Å²) >= 11 is 0. The Hall–Kier alpha value is -2.09. The second-order valence-corrected chi connectivity index (χ2v) is 4.32. The lowest BCUT2D eigenvalue weighted by atomic mass is 10.2. The topological polar surface area (TPSA) is 66.8 Å². The number of aryl methyl sites for hydroxylation is 1. The van der Waals surface area contributed by atoms with Crippen molar-refractivity contribution in [3.8, 4) is 0 Å². The van der Waals surface area contributed by atoms with Crippen LogP contribution in [0.3, 0.4) is 0 Å². The highest BCUT2D eigenvalue weighted by Crippen LogP contribution is 2.17. The smallest absolute Gasteiger partial charge is 0.411 e. The molecule has 21 heavy (non-hydrogen) atoms. The number of carbonyl (C=O) groups is 2. The minimum atomic E-state index is -4.54. The van der Waals surface area contributed by atoms with Crippen molar-refractivity contribution in [3.05, 3.63) is 29.8 Å². The first-order valence-electron chi connectivity index (χ1n) is 5.92. The lowest BCUT2D eigenvalue weighted by molar-refractivity contribution is -0.175. The molecule has 0 spiro atoms. The van der Waals surface area contributed by atoms with Crippen molar-refractivity contribution in [2.75, 3.05) is 24.7 Å². The number of carboxylic acid groups (broad SMARTS) is 1. The minimum absolute atomic E-state index is 0.281. The van der Waals surface area contributed by atoms with Gasteiger partial charge >= 0.3 is 12.1 Å². The van der Waals surface area contributed by atoms with E-state index in [1.165, 1.54) is 12.1 Å². The van der Waals surface area contributed by atoms with Crippen LogP contribution >= 0.6 is 0 Å². The largest absolute Gasteiger partial charge is 0.480 e. The lowest BCUT2D eigenvalue weighted by Crippen LogP contribution is -2.38. The molecule has 1 amide bonds. The number of ether oxygens (including phenoxy) is 1. The van der Waals surface area contributed by atoms with Crippen LogP contribution in [0, 0.1) is 6.92 Å². The Labute approximate surface area is 118 Å². The van der Waals surface area contributed by atoms with Crippen LogP contribution in [0.1, 0.15) is 5.56 Å². The molecular formula is C13H14F3NO4. The van der Waals surface area contributed by atoms with Crippen molar-refractivity contribution in [2.45, 2.75) is 13.1 Å². The Morgan fingerprint density at radius 3 is 2.29 bits per heavy atom. The monoisotopic (exact) mass is 305 g/mol. The van der Waals surface area contributed by atoms with Crippen molar-refractivity contribution in [1.82, 2.24) is 0 Å². The minimum Gasteiger partial charge on any atom is -0.480 e. The van der Waals surface area contributed by atoms with E-state index in [2.05, 4.69) is 4.74 Å². The van der Waals surface area contributed by atoms with Gasteiger partial charge in [-0.3, -0.25) is 14.5 Å². The molecule has 8 heteroatoms. The van der Waals surface area contributed by atoms with Crippen molar-refractivity contribution < 1.29 is 32.6 Å². The van der Waals surface area contributed by atoms with Crippen molar-refractivity contribution in [1.29, 1.82) is 0 Å². The van der Waals surface area contributed by atoms with Gasteiger partial charge in [-0.15, -0.1) is 0 Å². The third-order valence-corrected chi connectivity index (χ3v) is 2.43. The quantitative estimate of drug-likeness (QED) is 0.873. The third kappa shape index (κ3) is 6.26. The van der Waals surface area contributed by atoms with Crippen LogP contribution in [-0.2, 0) is 14.3 Å². The first-order valence-corrected chi connectivity index (χ1v) is 5.92. The third-order valence-electron chi connectivity index (χ3n) is 2.43. The maximum absolute atomic E-state index is 11.9. The van der Waals surface area contributed by atoms with Crippen LogP contribution in [-0.4, -0.2) is 42.9 Å². The molecule has 116 valence electrons. The fourth-order valence-corrected chi connectivity index (χ4v) is 1.52. The molecule has 1 aromatic rings. The summed E-state index contributed by atoms with van der Waals surface area (Å²) in [4.78, 5) is 23.5. The molecule has 5 nitrogen and oxygen atoms in total. The summed E-state index contributed by atoms with van der Waals surface area (Å²) in [6.45, 7) is -1.26. The van der Waals surface area contributed by atoms with Gasteiger partial charge in [0.1, 0.15) is 19.8 Å². The number of alkyl halides is 3. The van der Waals surface area contributed by atoms with Gasteiger partial charge in [0.05, 0.1) is 0 Å². The van der Waals surface area contributed by atoms with Crippen molar-refractivity contribution in [3.63, 3.8) is 0 Å². The summed E-state index contributed by atoms with van der Waals surface area (Å²) in [7, 11) is 0. The fraction of sp³-hybridized carbons (Fsp3) is 0.385. The van der Waals surface area contributed by atoms with Gasteiger partial charge in [-0.1, -0.05) is 17.7 Å². The molecule has 0 saturated carbocycles. The Bertz CT molecular complexity index is 499. The normalized spacial score (nSPS) is 11.2. The predicted octanol–water partition coefficient (Wildman–Crippen LogP) is 1.99. The van der Waals surface area contributed by atoms with E-state index in [4.69, 9.17) is 5.11 Å². The van der Waals surface area contributed by atoms with Crippen LogP contribution < -0.4 is 4.90 Å². The Balaban J connectivity index is 2.75. The number of hydrogen-bond acceptors (Lipinski definition) is 3. The van der Waals surface area contributed by atoms with Crippen LogP contribution in [0.15, 0.2) is 24.3 Å². The molecule has 0 aromatic heterocycles. The predicted molar refractivity (Wildman–Crippen MR) is 68.0 cm³/mol. The standard InChI is InChI=1S/C13H14F3NO4/c1-9-2-4-10(5-3-9)17(6-12(19)20)11(18)7-21-8-13(14,15)16/h2-5H,6-8H2,1H3,(H,19,20). The maximum Gasteiger partial charge on any atom is 0.411 e. The van der Waals surface area contributed by atoms with Crippen molar-refractivity contribution in [2.24, 2.45) is 0 Å². The summed E-state index contributed by atoms with van der Waals surface area (Å²) in [6, 6.07) is 6.35. The molecule has 1 aromatic carbocycles. The van der Waals surface area contributed by atoms with Gasteiger partial charge in [-0.25, -0.2) is 0 Å². The van der Waals surface area contributed by atoms with Crippen LogP contribution in [0.4, 0.5) is 18.9 Å². The van der Waals surface area contributed by atoms with Gasteiger partial charge in [-0.2, -0.15) is 13.2 Å². The first-order chi connectivity index (χ1) is 9.69. The SMILES string of the molecule is Cc1ccc(N(CC(=O)O)C(=O)COCC(F)(F)F)cc1. The number of rotatable bonds is 6. The van der Waals surface area contributed by atoms with E-state index in [0.29, 0.717) is 0 Å². The Morgan fingerprint density at radius 2 is 1.81 bits per heavy atom. The van der Waals surface area contributed by atoms with Crippen LogP contribution in [0.5, 0.6) is 0 Å². The molecule has 1 N–H and O–H groups in total.